The Morgan fingerprint density at radius 2 is 1.36 bits per heavy atom. The number of piperazine rings is 1. The molecule has 0 atom stereocenters. The molecule has 0 amide bonds. The highest BCUT2D eigenvalue weighted by Gasteiger charge is 2.21. The van der Waals surface area contributed by atoms with Gasteiger partial charge in [-0.15, -0.1) is 5.10 Å². The topological polar surface area (TPSA) is 70.5 Å². The average Bonchev–Trinajstić information content (AvgIpc) is 2.70. The minimum atomic E-state index is 0.760. The smallest absolute Gasteiger partial charge is 0.151 e. The summed E-state index contributed by atoms with van der Waals surface area (Å²) in [6.07, 6.45) is 1.66. The molecule has 2 aliphatic rings. The fraction of sp³-hybridized carbons (Fsp3) is 0.529. The van der Waals surface area contributed by atoms with Gasteiger partial charge in [0, 0.05) is 45.3 Å². The molecule has 0 bridgehead atoms. The second kappa shape index (κ2) is 7.18. The zero-order valence-electron chi connectivity index (χ0n) is 14.5. The Labute approximate surface area is 147 Å². The maximum atomic E-state index is 5.42. The van der Waals surface area contributed by atoms with Crippen LogP contribution in [0.5, 0.6) is 0 Å². The van der Waals surface area contributed by atoms with Crippen LogP contribution in [0.2, 0.25) is 0 Å². The lowest BCUT2D eigenvalue weighted by atomic mass is 10.3. The number of nitrogens with zero attached hydrogens (tertiary/aromatic N) is 7. The monoisotopic (exact) mass is 341 g/mol. The van der Waals surface area contributed by atoms with Crippen LogP contribution in [0.3, 0.4) is 0 Å². The van der Waals surface area contributed by atoms with Gasteiger partial charge in [-0.05, 0) is 19.1 Å². The van der Waals surface area contributed by atoms with E-state index in [1.54, 1.807) is 6.33 Å². The Hall–Kier alpha value is -2.48. The fourth-order valence-electron chi connectivity index (χ4n) is 3.20. The summed E-state index contributed by atoms with van der Waals surface area (Å²) >= 11 is 0. The summed E-state index contributed by atoms with van der Waals surface area (Å²) in [5.74, 6) is 2.92. The van der Waals surface area contributed by atoms with Crippen LogP contribution in [0.1, 0.15) is 5.69 Å². The van der Waals surface area contributed by atoms with Crippen molar-refractivity contribution in [2.75, 3.05) is 67.2 Å². The van der Waals surface area contributed by atoms with Crippen molar-refractivity contribution >= 4 is 17.5 Å². The number of hydrogen-bond acceptors (Lipinski definition) is 8. The van der Waals surface area contributed by atoms with E-state index in [1.807, 2.05) is 19.1 Å². The summed E-state index contributed by atoms with van der Waals surface area (Å²) in [6.45, 7) is 8.89. The molecule has 2 aromatic rings. The molecule has 2 saturated heterocycles. The first-order valence-corrected chi connectivity index (χ1v) is 8.74. The van der Waals surface area contributed by atoms with Crippen LogP contribution < -0.4 is 14.7 Å². The van der Waals surface area contributed by atoms with Gasteiger partial charge in [0.05, 0.1) is 18.9 Å². The van der Waals surface area contributed by atoms with Crippen molar-refractivity contribution in [2.45, 2.75) is 6.92 Å². The highest BCUT2D eigenvalue weighted by atomic mass is 16.5. The van der Waals surface area contributed by atoms with Crippen LogP contribution >= 0.6 is 0 Å². The van der Waals surface area contributed by atoms with E-state index >= 15 is 0 Å². The van der Waals surface area contributed by atoms with Gasteiger partial charge in [0.15, 0.2) is 5.82 Å². The van der Waals surface area contributed by atoms with Gasteiger partial charge in [-0.1, -0.05) is 0 Å². The molecule has 8 heteroatoms. The first kappa shape index (κ1) is 16.0. The number of hydrogen-bond donors (Lipinski definition) is 0. The minimum absolute atomic E-state index is 0.760. The highest BCUT2D eigenvalue weighted by molar-refractivity contribution is 5.51. The Kier molecular flexibility index (Phi) is 4.60. The van der Waals surface area contributed by atoms with Crippen molar-refractivity contribution in [3.63, 3.8) is 0 Å². The molecule has 0 aliphatic carbocycles. The van der Waals surface area contributed by atoms with Crippen molar-refractivity contribution in [3.8, 4) is 0 Å². The lowest BCUT2D eigenvalue weighted by molar-refractivity contribution is 0.122. The van der Waals surface area contributed by atoms with E-state index < -0.39 is 0 Å². The predicted octanol–water partition coefficient (Wildman–Crippen LogP) is 0.738. The molecule has 2 aliphatic heterocycles. The Bertz CT molecular complexity index is 694. The number of anilines is 3. The maximum Gasteiger partial charge on any atom is 0.151 e. The lowest BCUT2D eigenvalue weighted by Gasteiger charge is -2.36. The molecular formula is C17H23N7O. The molecule has 0 radical (unpaired) electrons. The van der Waals surface area contributed by atoms with Crippen LogP contribution in [0.25, 0.3) is 0 Å². The molecule has 4 rings (SSSR count). The van der Waals surface area contributed by atoms with Crippen LogP contribution in [0, 0.1) is 6.92 Å². The van der Waals surface area contributed by atoms with Gasteiger partial charge in [0.2, 0.25) is 0 Å². The van der Waals surface area contributed by atoms with Gasteiger partial charge in [0.25, 0.3) is 0 Å². The Balaban J connectivity index is 1.41. The van der Waals surface area contributed by atoms with Gasteiger partial charge < -0.3 is 19.4 Å². The number of aromatic nitrogens is 4. The van der Waals surface area contributed by atoms with E-state index in [4.69, 9.17) is 4.74 Å². The van der Waals surface area contributed by atoms with E-state index in [9.17, 15) is 0 Å². The summed E-state index contributed by atoms with van der Waals surface area (Å²) in [5, 5.41) is 8.44. The van der Waals surface area contributed by atoms with E-state index in [1.165, 1.54) is 0 Å². The van der Waals surface area contributed by atoms with E-state index in [0.717, 1.165) is 75.6 Å². The number of aryl methyl sites for hydroxylation is 1. The molecule has 2 fully saturated rings. The maximum absolute atomic E-state index is 5.42. The Morgan fingerprint density at radius 3 is 1.96 bits per heavy atom. The first-order chi connectivity index (χ1) is 12.3. The van der Waals surface area contributed by atoms with Gasteiger partial charge in [-0.3, -0.25) is 0 Å². The molecular weight excluding hydrogens is 318 g/mol. The summed E-state index contributed by atoms with van der Waals surface area (Å²) < 4.78 is 5.42. The van der Waals surface area contributed by atoms with Crippen LogP contribution in [-0.2, 0) is 4.74 Å². The van der Waals surface area contributed by atoms with Gasteiger partial charge >= 0.3 is 0 Å². The Morgan fingerprint density at radius 1 is 0.760 bits per heavy atom. The van der Waals surface area contributed by atoms with Crippen LogP contribution in [0.4, 0.5) is 17.5 Å². The summed E-state index contributed by atoms with van der Waals surface area (Å²) in [6, 6.07) is 6.14. The zero-order chi connectivity index (χ0) is 17.1. The van der Waals surface area contributed by atoms with E-state index in [-0.39, 0.29) is 0 Å². The number of morpholine rings is 1. The summed E-state index contributed by atoms with van der Waals surface area (Å²) in [4.78, 5) is 15.7. The summed E-state index contributed by atoms with van der Waals surface area (Å²) in [5.41, 5.74) is 0.944. The largest absolute Gasteiger partial charge is 0.378 e. The molecule has 4 heterocycles. The second-order valence-corrected chi connectivity index (χ2v) is 6.34. The highest BCUT2D eigenvalue weighted by Crippen LogP contribution is 2.21. The lowest BCUT2D eigenvalue weighted by Crippen LogP contribution is -2.47. The standard InChI is InChI=1S/C17H23N7O/c1-14-2-3-15(21-20-14)22-4-6-23(7-5-22)16-12-17(19-13-18-16)24-8-10-25-11-9-24/h2-3,12-13H,4-11H2,1H3. The molecule has 132 valence electrons. The van der Waals surface area contributed by atoms with Gasteiger partial charge in [-0.2, -0.15) is 5.10 Å². The van der Waals surface area contributed by atoms with Crippen molar-refractivity contribution in [2.24, 2.45) is 0 Å². The molecule has 0 aromatic carbocycles. The van der Waals surface area contributed by atoms with Crippen molar-refractivity contribution in [1.82, 2.24) is 20.2 Å². The normalized spacial score (nSPS) is 18.5. The number of rotatable bonds is 3. The quantitative estimate of drug-likeness (QED) is 0.810. The second-order valence-electron chi connectivity index (χ2n) is 6.34. The molecule has 0 unspecified atom stereocenters. The van der Waals surface area contributed by atoms with E-state index in [0.29, 0.717) is 0 Å². The number of ether oxygens (including phenoxy) is 1. The average molecular weight is 341 g/mol. The molecule has 0 N–H and O–H groups in total. The third-order valence-electron chi connectivity index (χ3n) is 4.68. The molecule has 8 nitrogen and oxygen atoms in total. The molecule has 2 aromatic heterocycles. The molecule has 0 saturated carbocycles. The predicted molar refractivity (Wildman–Crippen MR) is 96.3 cm³/mol. The van der Waals surface area contributed by atoms with Crippen molar-refractivity contribution < 1.29 is 4.74 Å². The van der Waals surface area contributed by atoms with Gasteiger partial charge in [0.1, 0.15) is 18.0 Å². The zero-order valence-corrected chi connectivity index (χ0v) is 14.5. The third kappa shape index (κ3) is 3.63. The minimum Gasteiger partial charge on any atom is -0.378 e. The summed E-state index contributed by atoms with van der Waals surface area (Å²) in [7, 11) is 0. The van der Waals surface area contributed by atoms with Crippen molar-refractivity contribution in [3.05, 3.63) is 30.2 Å². The van der Waals surface area contributed by atoms with E-state index in [2.05, 4.69) is 40.9 Å². The molecule has 0 spiro atoms. The third-order valence-corrected chi connectivity index (χ3v) is 4.68. The van der Waals surface area contributed by atoms with Crippen LogP contribution in [0.15, 0.2) is 24.5 Å². The fourth-order valence-corrected chi connectivity index (χ4v) is 3.20. The van der Waals surface area contributed by atoms with Gasteiger partial charge in [-0.25, -0.2) is 9.97 Å². The first-order valence-electron chi connectivity index (χ1n) is 8.74. The SMILES string of the molecule is Cc1ccc(N2CCN(c3cc(N4CCOCC4)ncn3)CC2)nn1. The van der Waals surface area contributed by atoms with Crippen LogP contribution in [-0.4, -0.2) is 72.6 Å². The molecule has 25 heavy (non-hydrogen) atoms. The van der Waals surface area contributed by atoms with Crippen molar-refractivity contribution in [1.29, 1.82) is 0 Å².